The first-order chi connectivity index (χ1) is 4.68. The van der Waals surface area contributed by atoms with Crippen LogP contribution in [0.15, 0.2) is 0 Å². The molecule has 0 radical (unpaired) electrons. The molecule has 4 nitrogen and oxygen atoms in total. The van der Waals surface area contributed by atoms with E-state index in [1.54, 1.807) is 0 Å². The molecule has 0 aromatic rings. The summed E-state index contributed by atoms with van der Waals surface area (Å²) >= 11 is 0. The van der Waals surface area contributed by atoms with Gasteiger partial charge in [-0.2, -0.15) is 0 Å². The van der Waals surface area contributed by atoms with Gasteiger partial charge in [-0.15, -0.1) is 0 Å². The Bertz CT molecular complexity index is 111. The number of carboxylic acid groups (broad SMARTS) is 1. The molecular weight excluding hydrogens is 211 g/mol. The van der Waals surface area contributed by atoms with E-state index in [1.807, 2.05) is 0 Å². The molecule has 0 spiro atoms. The molecule has 0 saturated heterocycles. The van der Waals surface area contributed by atoms with Gasteiger partial charge in [0.1, 0.15) is 6.04 Å². The monoisotopic (exact) mass is 228 g/mol. The van der Waals surface area contributed by atoms with E-state index in [1.165, 1.54) is 0 Å². The van der Waals surface area contributed by atoms with Gasteiger partial charge in [0, 0.05) is 0 Å². The molecule has 1 atom stereocenters. The molecular formula is C6H16N2O2Se. The third-order valence-electron chi connectivity index (χ3n) is 1.29. The van der Waals surface area contributed by atoms with Gasteiger partial charge in [0.25, 0.3) is 0 Å². The second kappa shape index (κ2) is 8.01. The summed E-state index contributed by atoms with van der Waals surface area (Å²) in [5, 5.41) is 8.33. The number of nitrogens with two attached hydrogens (primary N) is 2. The van der Waals surface area contributed by atoms with Crippen LogP contribution in [-0.2, 0) is 4.79 Å². The van der Waals surface area contributed by atoms with Crippen LogP contribution in [0.4, 0.5) is 0 Å². The second-order valence-electron chi connectivity index (χ2n) is 2.23. The Labute approximate surface area is 76.8 Å². The fourth-order valence-corrected chi connectivity index (χ4v) is 0.632. The van der Waals surface area contributed by atoms with Crippen LogP contribution >= 0.6 is 0 Å². The summed E-state index contributed by atoms with van der Waals surface area (Å²) in [6.07, 6.45) is 2.16. The van der Waals surface area contributed by atoms with E-state index in [0.717, 1.165) is 12.8 Å². The minimum absolute atomic E-state index is 0. The van der Waals surface area contributed by atoms with Crippen LogP contribution in [0.1, 0.15) is 19.3 Å². The number of hydrogen-bond acceptors (Lipinski definition) is 3. The van der Waals surface area contributed by atoms with E-state index in [2.05, 4.69) is 0 Å². The molecule has 68 valence electrons. The topological polar surface area (TPSA) is 89.3 Å². The Hall–Kier alpha value is -0.0905. The molecule has 0 bridgehead atoms. The summed E-state index contributed by atoms with van der Waals surface area (Å²) in [6, 6.07) is -0.716. The normalized spacial score (nSPS) is 11.8. The average molecular weight is 227 g/mol. The quantitative estimate of drug-likeness (QED) is 0.398. The van der Waals surface area contributed by atoms with E-state index in [4.69, 9.17) is 16.6 Å². The second-order valence-corrected chi connectivity index (χ2v) is 2.23. The van der Waals surface area contributed by atoms with Crippen LogP contribution in [0.5, 0.6) is 0 Å². The predicted molar refractivity (Wildman–Crippen MR) is 47.1 cm³/mol. The Morgan fingerprint density at radius 3 is 2.36 bits per heavy atom. The number of hydrogen-bond donors (Lipinski definition) is 3. The van der Waals surface area contributed by atoms with Crippen LogP contribution in [-0.4, -0.2) is 40.7 Å². The van der Waals surface area contributed by atoms with Crippen LogP contribution in [0.25, 0.3) is 0 Å². The summed E-state index contributed by atoms with van der Waals surface area (Å²) < 4.78 is 0. The van der Waals surface area contributed by atoms with Crippen molar-refractivity contribution >= 4 is 23.0 Å². The predicted octanol–water partition coefficient (Wildman–Crippen LogP) is -1.39. The first-order valence-corrected chi connectivity index (χ1v) is 3.37. The Balaban J connectivity index is 0. The maximum atomic E-state index is 10.1. The standard InChI is InChI=1S/C6H14N2O2.H2Se/c7-4-2-1-3-5(8)6(9)10;/h5H,1-4,7-8H2,(H,9,10);1H2/t5-;/m0./s1. The summed E-state index contributed by atoms with van der Waals surface area (Å²) in [5.74, 6) is -0.933. The van der Waals surface area contributed by atoms with Gasteiger partial charge < -0.3 is 16.6 Å². The molecule has 11 heavy (non-hydrogen) atoms. The molecule has 5 heteroatoms. The summed E-state index contributed by atoms with van der Waals surface area (Å²) in [7, 11) is 0. The van der Waals surface area contributed by atoms with Crippen molar-refractivity contribution in [3.63, 3.8) is 0 Å². The third kappa shape index (κ3) is 7.81. The van der Waals surface area contributed by atoms with Gasteiger partial charge >= 0.3 is 23.0 Å². The van der Waals surface area contributed by atoms with Crippen molar-refractivity contribution in [1.29, 1.82) is 0 Å². The molecule has 0 aliphatic carbocycles. The van der Waals surface area contributed by atoms with Crippen molar-refractivity contribution in [2.24, 2.45) is 11.5 Å². The van der Waals surface area contributed by atoms with Crippen LogP contribution in [0.3, 0.4) is 0 Å². The Kier molecular flexibility index (Phi) is 9.83. The van der Waals surface area contributed by atoms with E-state index >= 15 is 0 Å². The zero-order valence-electron chi connectivity index (χ0n) is 6.42. The van der Waals surface area contributed by atoms with E-state index in [-0.39, 0.29) is 17.1 Å². The number of carbonyl (C=O) groups is 1. The number of unbranched alkanes of at least 4 members (excludes halogenated alkanes) is 1. The number of aliphatic carboxylic acids is 1. The fraction of sp³-hybridized carbons (Fsp3) is 0.833. The molecule has 0 aromatic heterocycles. The van der Waals surface area contributed by atoms with Gasteiger partial charge in [0.05, 0.1) is 0 Å². The number of rotatable bonds is 5. The van der Waals surface area contributed by atoms with E-state index in [9.17, 15) is 4.79 Å². The van der Waals surface area contributed by atoms with Gasteiger partial charge in [-0.25, -0.2) is 0 Å². The Morgan fingerprint density at radius 1 is 1.45 bits per heavy atom. The van der Waals surface area contributed by atoms with Gasteiger partial charge in [-0.3, -0.25) is 4.79 Å². The van der Waals surface area contributed by atoms with E-state index < -0.39 is 12.0 Å². The zero-order valence-corrected chi connectivity index (χ0v) is 8.51. The van der Waals surface area contributed by atoms with Gasteiger partial charge in [0.15, 0.2) is 0 Å². The van der Waals surface area contributed by atoms with Crippen molar-refractivity contribution in [3.8, 4) is 0 Å². The van der Waals surface area contributed by atoms with Crippen molar-refractivity contribution in [3.05, 3.63) is 0 Å². The molecule has 0 aliphatic heterocycles. The van der Waals surface area contributed by atoms with Gasteiger partial charge in [-0.1, -0.05) is 6.42 Å². The number of carboxylic acids is 1. The Morgan fingerprint density at radius 2 is 2.00 bits per heavy atom. The molecule has 0 fully saturated rings. The van der Waals surface area contributed by atoms with Crippen LogP contribution in [0.2, 0.25) is 0 Å². The first-order valence-electron chi connectivity index (χ1n) is 3.37. The summed E-state index contributed by atoms with van der Waals surface area (Å²) in [5.41, 5.74) is 10.4. The molecule has 0 aliphatic rings. The van der Waals surface area contributed by atoms with Crippen molar-refractivity contribution < 1.29 is 9.90 Å². The molecule has 0 heterocycles. The zero-order chi connectivity index (χ0) is 7.98. The van der Waals surface area contributed by atoms with Crippen molar-refractivity contribution in [1.82, 2.24) is 0 Å². The van der Waals surface area contributed by atoms with Crippen molar-refractivity contribution in [2.75, 3.05) is 6.54 Å². The van der Waals surface area contributed by atoms with Gasteiger partial charge in [-0.05, 0) is 19.4 Å². The van der Waals surface area contributed by atoms with Gasteiger partial charge in [0.2, 0.25) is 0 Å². The molecule has 0 saturated carbocycles. The third-order valence-corrected chi connectivity index (χ3v) is 1.29. The summed E-state index contributed by atoms with van der Waals surface area (Å²) in [6.45, 7) is 0.604. The first kappa shape index (κ1) is 13.5. The van der Waals surface area contributed by atoms with Crippen molar-refractivity contribution in [2.45, 2.75) is 25.3 Å². The molecule has 0 amide bonds. The van der Waals surface area contributed by atoms with Crippen LogP contribution < -0.4 is 11.5 Å². The molecule has 0 aromatic carbocycles. The SMILES string of the molecule is NCCCC[C@H](N)C(=O)O.[SeH2]. The molecule has 0 rings (SSSR count). The summed E-state index contributed by atoms with van der Waals surface area (Å²) in [4.78, 5) is 10.1. The molecule has 5 N–H and O–H groups in total. The minimum atomic E-state index is -0.933. The van der Waals surface area contributed by atoms with Crippen LogP contribution in [0, 0.1) is 0 Å². The maximum absolute atomic E-state index is 10.1. The van der Waals surface area contributed by atoms with E-state index in [0.29, 0.717) is 13.0 Å². The molecule has 0 unspecified atom stereocenters. The fourth-order valence-electron chi connectivity index (χ4n) is 0.632. The average Bonchev–Trinajstić information content (AvgIpc) is 1.88.